The Morgan fingerprint density at radius 3 is 2.19 bits per heavy atom. The van der Waals surface area contributed by atoms with Crippen LogP contribution >= 0.6 is 0 Å². The molecule has 1 aromatic rings. The van der Waals surface area contributed by atoms with E-state index in [0.717, 1.165) is 19.3 Å². The highest BCUT2D eigenvalue weighted by atomic mass is 16.6. The van der Waals surface area contributed by atoms with Crippen molar-refractivity contribution in [1.29, 1.82) is 0 Å². The zero-order valence-corrected chi connectivity index (χ0v) is 23.6. The molecule has 0 spiro atoms. The van der Waals surface area contributed by atoms with Crippen LogP contribution in [0.1, 0.15) is 99.6 Å². The fourth-order valence-corrected chi connectivity index (χ4v) is 3.95. The zero-order valence-electron chi connectivity index (χ0n) is 23.6. The number of carbonyl (C=O) groups is 3. The van der Waals surface area contributed by atoms with Crippen LogP contribution in [0.15, 0.2) is 24.3 Å². The summed E-state index contributed by atoms with van der Waals surface area (Å²) in [4.78, 5) is 41.8. The van der Waals surface area contributed by atoms with Gasteiger partial charge in [-0.1, -0.05) is 45.7 Å². The lowest BCUT2D eigenvalue weighted by atomic mass is 9.93. The number of unbranched alkanes of at least 4 members (excludes halogenated alkanes) is 2. The predicted molar refractivity (Wildman–Crippen MR) is 143 cm³/mol. The summed E-state index contributed by atoms with van der Waals surface area (Å²) in [6.45, 7) is 17.3. The molecule has 0 aliphatic heterocycles. The van der Waals surface area contributed by atoms with Crippen molar-refractivity contribution < 1.29 is 24.2 Å². The number of amides is 3. The molecule has 0 aliphatic rings. The summed E-state index contributed by atoms with van der Waals surface area (Å²) < 4.78 is 5.42. The molecule has 0 aliphatic carbocycles. The molecule has 0 saturated heterocycles. The van der Waals surface area contributed by atoms with Gasteiger partial charge in [-0.15, -0.1) is 0 Å². The summed E-state index contributed by atoms with van der Waals surface area (Å²) >= 11 is 0. The van der Waals surface area contributed by atoms with E-state index in [-0.39, 0.29) is 23.5 Å². The Morgan fingerprint density at radius 1 is 1.06 bits per heavy atom. The molecule has 36 heavy (non-hydrogen) atoms. The van der Waals surface area contributed by atoms with Crippen molar-refractivity contribution in [3.63, 3.8) is 0 Å². The summed E-state index contributed by atoms with van der Waals surface area (Å²) in [5.74, 6) is -0.624. The number of ether oxygens (including phenoxy) is 1. The van der Waals surface area contributed by atoms with Gasteiger partial charge in [0.15, 0.2) is 0 Å². The fourth-order valence-electron chi connectivity index (χ4n) is 3.95. The number of hydrogen-bond acceptors (Lipinski definition) is 5. The maximum Gasteiger partial charge on any atom is 0.408 e. The second-order valence-electron chi connectivity index (χ2n) is 11.7. The van der Waals surface area contributed by atoms with Gasteiger partial charge in [0.25, 0.3) is 0 Å². The van der Waals surface area contributed by atoms with Gasteiger partial charge in [-0.2, -0.15) is 0 Å². The van der Waals surface area contributed by atoms with E-state index in [9.17, 15) is 19.5 Å². The van der Waals surface area contributed by atoms with E-state index in [4.69, 9.17) is 4.74 Å². The summed E-state index contributed by atoms with van der Waals surface area (Å²) in [6, 6.07) is 4.50. The van der Waals surface area contributed by atoms with Gasteiger partial charge in [0.2, 0.25) is 11.8 Å². The zero-order chi connectivity index (χ0) is 27.7. The Bertz CT molecular complexity index is 871. The number of nitrogens with one attached hydrogen (secondary N) is 2. The van der Waals surface area contributed by atoms with Crippen LogP contribution < -0.4 is 10.6 Å². The molecule has 2 atom stereocenters. The molecular weight excluding hydrogens is 458 g/mol. The lowest BCUT2D eigenvalue weighted by molar-refractivity contribution is -0.148. The van der Waals surface area contributed by atoms with Crippen molar-refractivity contribution in [3.8, 4) is 5.75 Å². The van der Waals surface area contributed by atoms with Crippen molar-refractivity contribution in [3.05, 3.63) is 29.8 Å². The van der Waals surface area contributed by atoms with Crippen molar-refractivity contribution in [2.75, 3.05) is 6.54 Å². The molecule has 3 amide bonds. The van der Waals surface area contributed by atoms with Crippen LogP contribution in [0.2, 0.25) is 0 Å². The smallest absolute Gasteiger partial charge is 0.408 e. The van der Waals surface area contributed by atoms with E-state index in [1.54, 1.807) is 32.9 Å². The number of nitrogens with zero attached hydrogens (tertiary/aromatic N) is 1. The van der Waals surface area contributed by atoms with Crippen molar-refractivity contribution in [1.82, 2.24) is 15.5 Å². The molecule has 0 radical (unpaired) electrons. The second-order valence-corrected chi connectivity index (χ2v) is 11.7. The number of phenolic OH excluding ortho intramolecular Hbond substituents is 1. The molecule has 8 heteroatoms. The fraction of sp³-hybridized carbons (Fsp3) is 0.679. The van der Waals surface area contributed by atoms with Gasteiger partial charge in [0.05, 0.1) is 0 Å². The minimum atomic E-state index is -0.999. The number of aromatic hydroxyl groups is 1. The maximum atomic E-state index is 14.1. The van der Waals surface area contributed by atoms with Crippen LogP contribution in [-0.2, 0) is 14.3 Å². The van der Waals surface area contributed by atoms with Crippen molar-refractivity contribution in [2.45, 2.75) is 111 Å². The first-order chi connectivity index (χ1) is 16.6. The Hall–Kier alpha value is -2.77. The van der Waals surface area contributed by atoms with Gasteiger partial charge in [0.1, 0.15) is 23.4 Å². The van der Waals surface area contributed by atoms with Crippen molar-refractivity contribution in [2.24, 2.45) is 5.92 Å². The SMILES string of the molecule is CCCCCNC(=O)C(c1cccc(O)c1)N(C(=O)C(CC(C)C)NC(=O)OC(C)(C)C)C(C)(C)C. The summed E-state index contributed by atoms with van der Waals surface area (Å²) in [6.07, 6.45) is 2.51. The Kier molecular flexibility index (Phi) is 11.7. The van der Waals surface area contributed by atoms with E-state index in [2.05, 4.69) is 17.6 Å². The third kappa shape index (κ3) is 10.5. The van der Waals surface area contributed by atoms with Gasteiger partial charge in [0, 0.05) is 12.1 Å². The Morgan fingerprint density at radius 2 is 1.69 bits per heavy atom. The first-order valence-electron chi connectivity index (χ1n) is 13.0. The molecule has 0 saturated carbocycles. The molecule has 0 fully saturated rings. The number of hydrogen-bond donors (Lipinski definition) is 3. The molecule has 1 aromatic carbocycles. The van der Waals surface area contributed by atoms with E-state index in [1.807, 2.05) is 34.6 Å². The molecular formula is C28H47N3O5. The molecule has 0 bridgehead atoms. The van der Waals surface area contributed by atoms with Gasteiger partial charge >= 0.3 is 6.09 Å². The molecule has 1 rings (SSSR count). The first kappa shape index (κ1) is 31.3. The van der Waals surface area contributed by atoms with Gasteiger partial charge in [-0.05, 0) is 78.0 Å². The topological polar surface area (TPSA) is 108 Å². The first-order valence-corrected chi connectivity index (χ1v) is 13.0. The van der Waals surface area contributed by atoms with E-state index in [0.29, 0.717) is 18.5 Å². The van der Waals surface area contributed by atoms with E-state index >= 15 is 0 Å². The highest BCUT2D eigenvalue weighted by molar-refractivity contribution is 5.92. The van der Waals surface area contributed by atoms with Crippen LogP contribution in [0, 0.1) is 5.92 Å². The van der Waals surface area contributed by atoms with Gasteiger partial charge in [-0.25, -0.2) is 4.79 Å². The molecule has 3 N–H and O–H groups in total. The summed E-state index contributed by atoms with van der Waals surface area (Å²) in [7, 11) is 0. The number of phenols is 1. The standard InChI is InChI=1S/C28H47N3O5/c1-10-11-12-16-29-24(33)23(20-14-13-15-21(32)18-20)31(27(4,5)6)25(34)22(17-19(2)3)30-26(35)36-28(7,8)9/h13-15,18-19,22-23,32H,10-12,16-17H2,1-9H3,(H,29,33)(H,30,35). The minimum absolute atomic E-state index is 0.00296. The highest BCUT2D eigenvalue weighted by Crippen LogP contribution is 2.32. The molecule has 8 nitrogen and oxygen atoms in total. The van der Waals surface area contributed by atoms with Crippen LogP contribution in [0.3, 0.4) is 0 Å². The van der Waals surface area contributed by atoms with E-state index in [1.165, 1.54) is 17.0 Å². The normalized spacial score (nSPS) is 13.6. The number of carbonyl (C=O) groups excluding carboxylic acids is 3. The Balaban J connectivity index is 3.48. The van der Waals surface area contributed by atoms with Gasteiger partial charge < -0.3 is 25.4 Å². The molecule has 204 valence electrons. The minimum Gasteiger partial charge on any atom is -0.508 e. The predicted octanol–water partition coefficient (Wildman–Crippen LogP) is 5.31. The van der Waals surface area contributed by atoms with Crippen LogP contribution in [0.4, 0.5) is 4.79 Å². The second kappa shape index (κ2) is 13.5. The van der Waals surface area contributed by atoms with Gasteiger partial charge in [-0.3, -0.25) is 9.59 Å². The third-order valence-electron chi connectivity index (χ3n) is 5.43. The van der Waals surface area contributed by atoms with Crippen LogP contribution in [-0.4, -0.2) is 51.6 Å². The summed E-state index contributed by atoms with van der Waals surface area (Å²) in [5, 5.41) is 15.9. The maximum absolute atomic E-state index is 14.1. The number of benzene rings is 1. The quantitative estimate of drug-likeness (QED) is 0.353. The van der Waals surface area contributed by atoms with E-state index < -0.39 is 29.3 Å². The number of rotatable bonds is 11. The summed E-state index contributed by atoms with van der Waals surface area (Å²) in [5.41, 5.74) is -1.01. The monoisotopic (exact) mass is 505 g/mol. The highest BCUT2D eigenvalue weighted by Gasteiger charge is 2.42. The molecule has 0 heterocycles. The largest absolute Gasteiger partial charge is 0.508 e. The average molecular weight is 506 g/mol. The lowest BCUT2D eigenvalue weighted by Gasteiger charge is -2.43. The lowest BCUT2D eigenvalue weighted by Crippen LogP contribution is -2.58. The molecule has 0 aromatic heterocycles. The van der Waals surface area contributed by atoms with Crippen molar-refractivity contribution >= 4 is 17.9 Å². The van der Waals surface area contributed by atoms with Crippen LogP contribution in [0.25, 0.3) is 0 Å². The third-order valence-corrected chi connectivity index (χ3v) is 5.43. The Labute approximate surface area is 217 Å². The number of alkyl carbamates (subject to hydrolysis) is 1. The molecule has 2 unspecified atom stereocenters. The average Bonchev–Trinajstić information content (AvgIpc) is 2.71. The van der Waals surface area contributed by atoms with Crippen LogP contribution in [0.5, 0.6) is 5.75 Å².